The summed E-state index contributed by atoms with van der Waals surface area (Å²) < 4.78 is 7.62. The van der Waals surface area contributed by atoms with Crippen LogP contribution in [0.3, 0.4) is 0 Å². The van der Waals surface area contributed by atoms with Gasteiger partial charge in [0.05, 0.1) is 19.4 Å². The van der Waals surface area contributed by atoms with Crippen LogP contribution in [0.15, 0.2) is 49.1 Å². The Labute approximate surface area is 129 Å². The molecule has 1 aliphatic heterocycles. The van der Waals surface area contributed by atoms with E-state index in [0.717, 1.165) is 0 Å². The Morgan fingerprint density at radius 2 is 2.14 bits per heavy atom. The second-order valence-corrected chi connectivity index (χ2v) is 5.39. The Bertz CT molecular complexity index is 600. The van der Waals surface area contributed by atoms with Crippen LogP contribution in [0.1, 0.15) is 6.42 Å². The number of aliphatic hydroxyl groups excluding tert-OH is 1. The van der Waals surface area contributed by atoms with Crippen LogP contribution in [-0.4, -0.2) is 50.8 Å². The van der Waals surface area contributed by atoms with Crippen molar-refractivity contribution in [3.63, 3.8) is 0 Å². The van der Waals surface area contributed by atoms with Gasteiger partial charge >= 0.3 is 0 Å². The third-order valence-electron chi connectivity index (χ3n) is 3.76. The first-order valence-corrected chi connectivity index (χ1v) is 7.35. The van der Waals surface area contributed by atoms with Crippen molar-refractivity contribution in [1.82, 2.24) is 14.5 Å². The second-order valence-electron chi connectivity index (χ2n) is 5.39. The number of nitrogens with zero attached hydrogens (tertiary/aromatic N) is 3. The van der Waals surface area contributed by atoms with Gasteiger partial charge in [0.1, 0.15) is 18.0 Å². The zero-order valence-electron chi connectivity index (χ0n) is 12.2. The molecule has 2 aromatic rings. The van der Waals surface area contributed by atoms with Crippen molar-refractivity contribution in [2.24, 2.45) is 0 Å². The number of imidazole rings is 1. The average Bonchev–Trinajstić information content (AvgIpc) is 3.16. The monoisotopic (exact) mass is 301 g/mol. The highest BCUT2D eigenvalue weighted by Gasteiger charge is 2.35. The van der Waals surface area contributed by atoms with E-state index in [1.165, 1.54) is 0 Å². The first-order chi connectivity index (χ1) is 10.7. The molecule has 1 saturated heterocycles. The van der Waals surface area contributed by atoms with Crippen LogP contribution in [0, 0.1) is 0 Å². The molecule has 1 N–H and O–H groups in total. The first-order valence-electron chi connectivity index (χ1n) is 7.35. The van der Waals surface area contributed by atoms with Gasteiger partial charge in [0.2, 0.25) is 5.91 Å². The van der Waals surface area contributed by atoms with Crippen LogP contribution in [0.5, 0.6) is 5.75 Å². The highest BCUT2D eigenvalue weighted by atomic mass is 16.5. The fourth-order valence-electron chi connectivity index (χ4n) is 2.55. The number of hydrogen-bond acceptors (Lipinski definition) is 4. The SMILES string of the molecule is O=C(CCn1ccnc1)N1C[C@@H](O)[C@H](Oc2ccccc2)C1. The molecular formula is C16H19N3O3. The molecule has 1 amide bonds. The molecule has 0 aliphatic carbocycles. The lowest BCUT2D eigenvalue weighted by atomic mass is 10.2. The summed E-state index contributed by atoms with van der Waals surface area (Å²) in [5.74, 6) is 0.728. The van der Waals surface area contributed by atoms with Gasteiger partial charge in [-0.3, -0.25) is 4.79 Å². The molecule has 1 aromatic heterocycles. The Kier molecular flexibility index (Phi) is 4.39. The number of ether oxygens (including phenoxy) is 1. The minimum atomic E-state index is -0.655. The lowest BCUT2D eigenvalue weighted by molar-refractivity contribution is -0.130. The standard InChI is InChI=1S/C16H19N3O3/c20-14-10-19(16(21)6-8-18-9-7-17-12-18)11-15(14)22-13-4-2-1-3-5-13/h1-5,7,9,12,14-15,20H,6,8,10-11H2/t14-,15-/m1/s1. The van der Waals surface area contributed by atoms with E-state index in [-0.39, 0.29) is 12.0 Å². The second kappa shape index (κ2) is 6.62. The van der Waals surface area contributed by atoms with E-state index in [1.807, 2.05) is 41.1 Å². The molecule has 1 aromatic carbocycles. The number of aryl methyl sites for hydroxylation is 1. The number of hydrogen-bond donors (Lipinski definition) is 1. The topological polar surface area (TPSA) is 67.6 Å². The van der Waals surface area contributed by atoms with E-state index in [9.17, 15) is 9.90 Å². The molecule has 0 bridgehead atoms. The van der Waals surface area contributed by atoms with E-state index in [4.69, 9.17) is 4.74 Å². The Hall–Kier alpha value is -2.34. The zero-order chi connectivity index (χ0) is 15.4. The number of amides is 1. The number of benzene rings is 1. The number of likely N-dealkylation sites (tertiary alicyclic amines) is 1. The largest absolute Gasteiger partial charge is 0.486 e. The average molecular weight is 301 g/mol. The van der Waals surface area contributed by atoms with E-state index < -0.39 is 6.10 Å². The maximum absolute atomic E-state index is 12.2. The van der Waals surface area contributed by atoms with Gasteiger partial charge in [-0.2, -0.15) is 0 Å². The maximum atomic E-state index is 12.2. The highest BCUT2D eigenvalue weighted by molar-refractivity contribution is 5.76. The van der Waals surface area contributed by atoms with Gasteiger partial charge in [-0.05, 0) is 12.1 Å². The fourth-order valence-corrected chi connectivity index (χ4v) is 2.55. The van der Waals surface area contributed by atoms with Crippen molar-refractivity contribution < 1.29 is 14.6 Å². The normalized spacial score (nSPS) is 21.0. The van der Waals surface area contributed by atoms with Crippen LogP contribution >= 0.6 is 0 Å². The summed E-state index contributed by atoms with van der Waals surface area (Å²) in [6, 6.07) is 9.35. The molecule has 1 aliphatic rings. The third kappa shape index (κ3) is 3.46. The van der Waals surface area contributed by atoms with Crippen LogP contribution in [-0.2, 0) is 11.3 Å². The van der Waals surface area contributed by atoms with Gasteiger partial charge in [0.25, 0.3) is 0 Å². The van der Waals surface area contributed by atoms with Crippen molar-refractivity contribution in [2.75, 3.05) is 13.1 Å². The summed E-state index contributed by atoms with van der Waals surface area (Å²) in [6.45, 7) is 1.33. The highest BCUT2D eigenvalue weighted by Crippen LogP contribution is 2.19. The third-order valence-corrected chi connectivity index (χ3v) is 3.76. The summed E-state index contributed by atoms with van der Waals surface area (Å²) >= 11 is 0. The van der Waals surface area contributed by atoms with Crippen molar-refractivity contribution in [1.29, 1.82) is 0 Å². The zero-order valence-corrected chi connectivity index (χ0v) is 12.2. The van der Waals surface area contributed by atoms with Crippen molar-refractivity contribution in [2.45, 2.75) is 25.2 Å². The van der Waals surface area contributed by atoms with Crippen LogP contribution in [0.2, 0.25) is 0 Å². The molecule has 3 rings (SSSR count). The summed E-state index contributed by atoms with van der Waals surface area (Å²) in [6.07, 6.45) is 4.56. The quantitative estimate of drug-likeness (QED) is 0.892. The number of β-amino-alcohol motifs (C(OH)–C–C–N with tert-alkyl or cyclic N) is 1. The lowest BCUT2D eigenvalue weighted by Crippen LogP contribution is -2.31. The van der Waals surface area contributed by atoms with E-state index in [1.54, 1.807) is 17.4 Å². The number of aromatic nitrogens is 2. The number of para-hydroxylation sites is 1. The lowest BCUT2D eigenvalue weighted by Gasteiger charge is -2.17. The van der Waals surface area contributed by atoms with Crippen molar-refractivity contribution in [3.8, 4) is 5.75 Å². The van der Waals surface area contributed by atoms with Crippen molar-refractivity contribution in [3.05, 3.63) is 49.1 Å². The van der Waals surface area contributed by atoms with Gasteiger partial charge in [-0.15, -0.1) is 0 Å². The minimum absolute atomic E-state index is 0.0203. The molecule has 0 unspecified atom stereocenters. The molecule has 1 fully saturated rings. The van der Waals surface area contributed by atoms with Gasteiger partial charge in [-0.1, -0.05) is 18.2 Å². The van der Waals surface area contributed by atoms with E-state index in [2.05, 4.69) is 4.98 Å². The Morgan fingerprint density at radius 1 is 1.32 bits per heavy atom. The van der Waals surface area contributed by atoms with Crippen LogP contribution in [0.25, 0.3) is 0 Å². The molecule has 116 valence electrons. The molecule has 22 heavy (non-hydrogen) atoms. The van der Waals surface area contributed by atoms with Gasteiger partial charge in [0, 0.05) is 25.4 Å². The molecule has 2 heterocycles. The van der Waals surface area contributed by atoms with E-state index in [0.29, 0.717) is 31.8 Å². The molecule has 6 heteroatoms. The number of carbonyl (C=O) groups is 1. The minimum Gasteiger partial charge on any atom is -0.486 e. The predicted molar refractivity (Wildman–Crippen MR) is 80.3 cm³/mol. The van der Waals surface area contributed by atoms with Crippen LogP contribution in [0.4, 0.5) is 0 Å². The summed E-state index contributed by atoms with van der Waals surface area (Å²) in [4.78, 5) is 17.8. The molecule has 0 spiro atoms. The molecule has 2 atom stereocenters. The molecule has 0 saturated carbocycles. The van der Waals surface area contributed by atoms with Gasteiger partial charge in [0.15, 0.2) is 0 Å². The Balaban J connectivity index is 1.52. The predicted octanol–water partition coefficient (Wildman–Crippen LogP) is 0.924. The smallest absolute Gasteiger partial charge is 0.224 e. The molecule has 6 nitrogen and oxygen atoms in total. The molecular weight excluding hydrogens is 282 g/mol. The number of carbonyl (C=O) groups excluding carboxylic acids is 1. The molecule has 0 radical (unpaired) electrons. The van der Waals surface area contributed by atoms with Crippen LogP contribution < -0.4 is 4.74 Å². The van der Waals surface area contributed by atoms with E-state index >= 15 is 0 Å². The summed E-state index contributed by atoms with van der Waals surface area (Å²) in [5, 5.41) is 10.1. The summed E-state index contributed by atoms with van der Waals surface area (Å²) in [7, 11) is 0. The fraction of sp³-hybridized carbons (Fsp3) is 0.375. The van der Waals surface area contributed by atoms with Gasteiger partial charge < -0.3 is 19.3 Å². The Morgan fingerprint density at radius 3 is 2.86 bits per heavy atom. The first kappa shape index (κ1) is 14.6. The maximum Gasteiger partial charge on any atom is 0.224 e. The number of rotatable bonds is 5. The van der Waals surface area contributed by atoms with Gasteiger partial charge in [-0.25, -0.2) is 4.98 Å². The summed E-state index contributed by atoms with van der Waals surface area (Å²) in [5.41, 5.74) is 0. The van der Waals surface area contributed by atoms with Crippen molar-refractivity contribution >= 4 is 5.91 Å². The number of aliphatic hydroxyl groups is 1.